The van der Waals surface area contributed by atoms with Gasteiger partial charge in [-0.25, -0.2) is 4.98 Å². The summed E-state index contributed by atoms with van der Waals surface area (Å²) < 4.78 is 22.3. The summed E-state index contributed by atoms with van der Waals surface area (Å²) in [6.07, 6.45) is 0.211. The highest BCUT2D eigenvalue weighted by atomic mass is 32.1. The van der Waals surface area contributed by atoms with Crippen LogP contribution in [-0.4, -0.2) is 34.7 Å². The zero-order valence-corrected chi connectivity index (χ0v) is 13.8. The van der Waals surface area contributed by atoms with Gasteiger partial charge in [0.1, 0.15) is 0 Å². The summed E-state index contributed by atoms with van der Waals surface area (Å²) in [6.45, 7) is 1.77. The van der Waals surface area contributed by atoms with Crippen LogP contribution in [0.25, 0.3) is 0 Å². The molecule has 1 aromatic rings. The summed E-state index contributed by atoms with van der Waals surface area (Å²) in [6, 6.07) is 0. The lowest BCUT2D eigenvalue weighted by molar-refractivity contribution is 0.120. The molecule has 0 atom stereocenters. The first-order valence-electron chi connectivity index (χ1n) is 5.94. The van der Waals surface area contributed by atoms with E-state index in [2.05, 4.69) is 4.98 Å². The highest BCUT2D eigenvalue weighted by Crippen LogP contribution is 2.69. The van der Waals surface area contributed by atoms with E-state index in [0.717, 1.165) is 10.6 Å². The lowest BCUT2D eigenvalue weighted by atomic mass is 10.1. The molecule has 0 saturated carbocycles. The fourth-order valence-electron chi connectivity index (χ4n) is 1.79. The maximum Gasteiger partial charge on any atom is 0.369 e. The van der Waals surface area contributed by atoms with Gasteiger partial charge in [0.25, 0.3) is 5.08 Å². The van der Waals surface area contributed by atoms with Crippen molar-refractivity contribution in [1.29, 1.82) is 0 Å². The normalized spacial score (nSPS) is 13.6. The zero-order chi connectivity index (χ0) is 16.5. The molecule has 0 aromatic carbocycles. The number of thiazole rings is 1. The van der Waals surface area contributed by atoms with Gasteiger partial charge in [-0.3, -0.25) is 9.13 Å². The molecule has 9 nitrogen and oxygen atoms in total. The van der Waals surface area contributed by atoms with E-state index in [9.17, 15) is 14.2 Å². The number of nitrogens with zero attached hydrogens (tertiary/aromatic N) is 1. The van der Waals surface area contributed by atoms with Gasteiger partial charge in [0.05, 0.1) is 5.69 Å². The molecule has 21 heavy (non-hydrogen) atoms. The minimum Gasteiger partial charge on any atom is -0.375 e. The molecule has 0 saturated heterocycles. The predicted molar refractivity (Wildman–Crippen MR) is 77.9 cm³/mol. The van der Waals surface area contributed by atoms with Crippen molar-refractivity contribution in [1.82, 2.24) is 4.98 Å². The van der Waals surface area contributed by atoms with E-state index >= 15 is 0 Å². The number of rotatable bonds is 7. The Balaban J connectivity index is 2.66. The summed E-state index contributed by atoms with van der Waals surface area (Å²) in [4.78, 5) is 40.8. The average molecular weight is 360 g/mol. The highest BCUT2D eigenvalue weighted by molar-refractivity contribution is 7.72. The Morgan fingerprint density at radius 2 is 1.71 bits per heavy atom. The third kappa shape index (κ3) is 4.34. The highest BCUT2D eigenvalue weighted by Gasteiger charge is 2.58. The Kier molecular flexibility index (Phi) is 5.74. The molecule has 0 aliphatic heterocycles. The van der Waals surface area contributed by atoms with E-state index < -0.39 is 26.7 Å². The number of anilines is 1. The van der Waals surface area contributed by atoms with Crippen molar-refractivity contribution in [2.45, 2.75) is 37.7 Å². The van der Waals surface area contributed by atoms with E-state index in [0.29, 0.717) is 18.0 Å². The first-order valence-corrected chi connectivity index (χ1v) is 9.98. The first-order chi connectivity index (χ1) is 9.38. The fraction of sp³-hybridized carbons (Fsp3) is 0.667. The van der Waals surface area contributed by atoms with E-state index in [1.807, 2.05) is 0 Å². The maximum absolute atomic E-state index is 11.1. The van der Waals surface area contributed by atoms with Crippen molar-refractivity contribution < 1.29 is 33.8 Å². The lowest BCUT2D eigenvalue weighted by Crippen LogP contribution is -2.28. The van der Waals surface area contributed by atoms with Crippen LogP contribution in [-0.2, 0) is 15.6 Å². The topological polar surface area (TPSA) is 174 Å². The van der Waals surface area contributed by atoms with Crippen LogP contribution in [0.1, 0.15) is 29.8 Å². The molecule has 0 aliphatic rings. The molecule has 0 unspecified atom stereocenters. The molecule has 12 heteroatoms. The molecular weight excluding hydrogens is 342 g/mol. The van der Waals surface area contributed by atoms with Crippen molar-refractivity contribution in [3.8, 4) is 0 Å². The number of hydrogen-bond acceptors (Lipinski definition) is 6. The minimum atomic E-state index is -5.36. The lowest BCUT2D eigenvalue weighted by Gasteiger charge is -2.29. The Hall–Kier alpha value is -0.310. The quantitative estimate of drug-likeness (QED) is 0.303. The van der Waals surface area contributed by atoms with Gasteiger partial charge in [-0.15, -0.1) is 11.3 Å². The van der Waals surface area contributed by atoms with Gasteiger partial charge in [-0.1, -0.05) is 0 Å². The number of unbranched alkanes of at least 4 members (excludes halogenated alkanes) is 1. The molecule has 0 aliphatic carbocycles. The Bertz CT molecular complexity index is 571. The smallest absolute Gasteiger partial charge is 0.369 e. The van der Waals surface area contributed by atoms with Crippen molar-refractivity contribution in [3.05, 3.63) is 10.6 Å². The van der Waals surface area contributed by atoms with Crippen molar-refractivity contribution in [3.63, 3.8) is 0 Å². The second-order valence-electron chi connectivity index (χ2n) is 4.63. The molecular formula is C9H18N2O7P2S. The van der Waals surface area contributed by atoms with Crippen molar-refractivity contribution in [2.24, 2.45) is 0 Å². The minimum absolute atomic E-state index is 0.0317. The number of aromatic nitrogens is 1. The third-order valence-corrected chi connectivity index (χ3v) is 7.93. The Labute approximate surface area is 125 Å². The SMILES string of the molecule is Cc1nc(N)sc1CCCCC(O)(P(=O)(O)O)P(=O)(O)O. The van der Waals surface area contributed by atoms with Gasteiger partial charge in [-0.05, 0) is 32.6 Å². The van der Waals surface area contributed by atoms with Crippen LogP contribution >= 0.6 is 26.5 Å². The third-order valence-electron chi connectivity index (χ3n) is 3.01. The van der Waals surface area contributed by atoms with Gasteiger partial charge in [0.2, 0.25) is 0 Å². The Morgan fingerprint density at radius 1 is 1.19 bits per heavy atom. The molecule has 122 valence electrons. The maximum atomic E-state index is 11.1. The number of nitrogen functional groups attached to an aromatic ring is 1. The standard InChI is InChI=1S/C9H18N2O7P2S/c1-6-7(21-8(10)11-6)4-2-3-5-9(12,19(13,14)15)20(16,17)18/h12H,2-5H2,1H3,(H2,10,11)(H2,13,14,15)(H2,16,17,18). The summed E-state index contributed by atoms with van der Waals surface area (Å²) in [7, 11) is -10.7. The molecule has 1 aromatic heterocycles. The van der Waals surface area contributed by atoms with Gasteiger partial charge in [0.15, 0.2) is 5.13 Å². The van der Waals surface area contributed by atoms with Crippen LogP contribution in [0.15, 0.2) is 0 Å². The zero-order valence-electron chi connectivity index (χ0n) is 11.2. The molecule has 0 fully saturated rings. The largest absolute Gasteiger partial charge is 0.375 e. The molecule has 0 amide bonds. The summed E-state index contributed by atoms with van der Waals surface area (Å²) in [5.74, 6) is 0. The van der Waals surface area contributed by atoms with Crippen LogP contribution in [0.2, 0.25) is 0 Å². The fourth-order valence-corrected chi connectivity index (χ4v) is 4.92. The van der Waals surface area contributed by atoms with Crippen LogP contribution < -0.4 is 5.73 Å². The monoisotopic (exact) mass is 360 g/mol. The molecule has 1 rings (SSSR count). The predicted octanol–water partition coefficient (Wildman–Crippen LogP) is 0.748. The van der Waals surface area contributed by atoms with Gasteiger partial charge < -0.3 is 30.4 Å². The molecule has 0 spiro atoms. The second-order valence-corrected chi connectivity index (χ2v) is 9.75. The molecule has 1 heterocycles. The van der Waals surface area contributed by atoms with Crippen LogP contribution in [0, 0.1) is 6.92 Å². The van der Waals surface area contributed by atoms with Crippen molar-refractivity contribution in [2.75, 3.05) is 5.73 Å². The van der Waals surface area contributed by atoms with Crippen LogP contribution in [0.3, 0.4) is 0 Å². The summed E-state index contributed by atoms with van der Waals surface area (Å²) in [5, 5.41) is 6.76. The number of nitrogens with two attached hydrogens (primary N) is 1. The van der Waals surface area contributed by atoms with Gasteiger partial charge in [0, 0.05) is 4.88 Å². The Morgan fingerprint density at radius 3 is 2.10 bits per heavy atom. The van der Waals surface area contributed by atoms with Crippen molar-refractivity contribution >= 4 is 31.7 Å². The number of aliphatic hydroxyl groups is 1. The van der Waals surface area contributed by atoms with E-state index in [4.69, 9.17) is 25.3 Å². The van der Waals surface area contributed by atoms with Crippen LogP contribution in [0.4, 0.5) is 5.13 Å². The molecule has 0 radical (unpaired) electrons. The number of aryl methyl sites for hydroxylation is 2. The summed E-state index contributed by atoms with van der Waals surface area (Å²) >= 11 is 1.28. The van der Waals surface area contributed by atoms with E-state index in [1.165, 1.54) is 11.3 Å². The van der Waals surface area contributed by atoms with E-state index in [1.54, 1.807) is 6.92 Å². The van der Waals surface area contributed by atoms with Gasteiger partial charge >= 0.3 is 15.2 Å². The molecule has 7 N–H and O–H groups in total. The van der Waals surface area contributed by atoms with E-state index in [-0.39, 0.29) is 6.42 Å². The average Bonchev–Trinajstić information content (AvgIpc) is 2.60. The molecule has 0 bridgehead atoms. The second kappa shape index (κ2) is 6.44. The first kappa shape index (κ1) is 18.7. The number of hydrogen-bond donors (Lipinski definition) is 6. The summed E-state index contributed by atoms with van der Waals surface area (Å²) in [5.41, 5.74) is 6.28. The van der Waals surface area contributed by atoms with Gasteiger partial charge in [-0.2, -0.15) is 0 Å². The van der Waals surface area contributed by atoms with Crippen LogP contribution in [0.5, 0.6) is 0 Å².